The molecule has 0 spiro atoms. The zero-order valence-electron chi connectivity index (χ0n) is 11.9. The van der Waals surface area contributed by atoms with Crippen molar-refractivity contribution >= 4 is 12.0 Å². The predicted molar refractivity (Wildman–Crippen MR) is 72.0 cm³/mol. The molecule has 19 heavy (non-hydrogen) atoms. The van der Waals surface area contributed by atoms with Crippen LogP contribution in [-0.2, 0) is 4.79 Å². The molecule has 0 saturated carbocycles. The second-order valence-electron chi connectivity index (χ2n) is 5.81. The van der Waals surface area contributed by atoms with E-state index in [1.807, 2.05) is 18.7 Å². The number of hydrogen-bond acceptors (Lipinski definition) is 2. The van der Waals surface area contributed by atoms with Crippen molar-refractivity contribution in [2.24, 2.45) is 0 Å². The summed E-state index contributed by atoms with van der Waals surface area (Å²) in [7, 11) is 0. The van der Waals surface area contributed by atoms with Crippen LogP contribution in [0.2, 0.25) is 0 Å². The van der Waals surface area contributed by atoms with Gasteiger partial charge in [0, 0.05) is 19.1 Å². The second kappa shape index (κ2) is 5.39. The quantitative estimate of drug-likeness (QED) is 0.854. The maximum absolute atomic E-state index is 12.6. The van der Waals surface area contributed by atoms with E-state index < -0.39 is 11.5 Å². The molecule has 2 aliphatic rings. The lowest BCUT2D eigenvalue weighted by atomic mass is 9.91. The zero-order valence-corrected chi connectivity index (χ0v) is 11.9. The maximum Gasteiger partial charge on any atom is 0.329 e. The molecular weight excluding hydrogens is 244 g/mol. The SMILES string of the molecule is CCCC1(C(=O)O)CCCN1C(=O)N1CCCC1C. The highest BCUT2D eigenvalue weighted by Crippen LogP contribution is 2.36. The second-order valence-corrected chi connectivity index (χ2v) is 5.81. The number of urea groups is 1. The van der Waals surface area contributed by atoms with Gasteiger partial charge < -0.3 is 14.9 Å². The standard InChI is InChI=1S/C14H24N2O3/c1-3-7-14(12(17)18)8-5-10-16(14)13(19)15-9-4-6-11(15)2/h11H,3-10H2,1-2H3,(H,17,18). The summed E-state index contributed by atoms with van der Waals surface area (Å²) in [6.07, 6.45) is 4.76. The van der Waals surface area contributed by atoms with Crippen LogP contribution in [0.3, 0.4) is 0 Å². The molecule has 2 fully saturated rings. The Morgan fingerprint density at radius 3 is 2.58 bits per heavy atom. The summed E-state index contributed by atoms with van der Waals surface area (Å²) in [5, 5.41) is 9.61. The molecule has 2 atom stereocenters. The molecule has 5 nitrogen and oxygen atoms in total. The van der Waals surface area contributed by atoms with E-state index in [0.29, 0.717) is 19.4 Å². The van der Waals surface area contributed by atoms with Gasteiger partial charge in [0.2, 0.25) is 0 Å². The minimum atomic E-state index is -0.964. The Morgan fingerprint density at radius 1 is 1.32 bits per heavy atom. The van der Waals surface area contributed by atoms with Crippen LogP contribution in [0.1, 0.15) is 52.4 Å². The van der Waals surface area contributed by atoms with Crippen molar-refractivity contribution in [2.45, 2.75) is 64.0 Å². The van der Waals surface area contributed by atoms with E-state index in [1.54, 1.807) is 4.90 Å². The fourth-order valence-electron chi connectivity index (χ4n) is 3.53. The van der Waals surface area contributed by atoms with Crippen molar-refractivity contribution in [1.29, 1.82) is 0 Å². The van der Waals surface area contributed by atoms with Crippen molar-refractivity contribution in [3.63, 3.8) is 0 Å². The Kier molecular flexibility index (Phi) is 4.02. The van der Waals surface area contributed by atoms with Gasteiger partial charge in [-0.1, -0.05) is 13.3 Å². The van der Waals surface area contributed by atoms with Gasteiger partial charge in [-0.25, -0.2) is 9.59 Å². The molecule has 0 bridgehead atoms. The van der Waals surface area contributed by atoms with Gasteiger partial charge in [-0.15, -0.1) is 0 Å². The fourth-order valence-corrected chi connectivity index (χ4v) is 3.53. The Hall–Kier alpha value is -1.26. The molecule has 0 aromatic carbocycles. The highest BCUT2D eigenvalue weighted by molar-refractivity contribution is 5.87. The zero-order chi connectivity index (χ0) is 14.0. The number of rotatable bonds is 3. The topological polar surface area (TPSA) is 60.9 Å². The summed E-state index contributed by atoms with van der Waals surface area (Å²) < 4.78 is 0. The lowest BCUT2D eigenvalue weighted by Gasteiger charge is -2.38. The summed E-state index contributed by atoms with van der Waals surface area (Å²) >= 11 is 0. The first-order chi connectivity index (χ1) is 9.03. The molecule has 2 saturated heterocycles. The Labute approximate surface area is 114 Å². The Morgan fingerprint density at radius 2 is 2.05 bits per heavy atom. The first kappa shape index (κ1) is 14.2. The number of carbonyl (C=O) groups is 2. The van der Waals surface area contributed by atoms with Crippen LogP contribution in [0, 0.1) is 0 Å². The van der Waals surface area contributed by atoms with Crippen LogP contribution >= 0.6 is 0 Å². The lowest BCUT2D eigenvalue weighted by Crippen LogP contribution is -2.57. The monoisotopic (exact) mass is 268 g/mol. The lowest BCUT2D eigenvalue weighted by molar-refractivity contribution is -0.148. The number of aliphatic carboxylic acids is 1. The van der Waals surface area contributed by atoms with E-state index in [0.717, 1.165) is 32.2 Å². The van der Waals surface area contributed by atoms with E-state index in [9.17, 15) is 14.7 Å². The minimum Gasteiger partial charge on any atom is -0.479 e. The molecule has 1 N–H and O–H groups in total. The smallest absolute Gasteiger partial charge is 0.329 e. The average molecular weight is 268 g/mol. The van der Waals surface area contributed by atoms with Gasteiger partial charge in [0.15, 0.2) is 0 Å². The van der Waals surface area contributed by atoms with Gasteiger partial charge in [0.25, 0.3) is 0 Å². The summed E-state index contributed by atoms with van der Waals surface area (Å²) in [5.41, 5.74) is -0.964. The van der Waals surface area contributed by atoms with Crippen LogP contribution in [0.25, 0.3) is 0 Å². The third-order valence-corrected chi connectivity index (χ3v) is 4.58. The van der Waals surface area contributed by atoms with Crippen LogP contribution in [-0.4, -0.2) is 51.6 Å². The van der Waals surface area contributed by atoms with Crippen molar-refractivity contribution in [3.8, 4) is 0 Å². The van der Waals surface area contributed by atoms with Gasteiger partial charge in [-0.3, -0.25) is 0 Å². The van der Waals surface area contributed by atoms with E-state index in [4.69, 9.17) is 0 Å². The Bertz CT molecular complexity index is 372. The molecule has 0 aromatic heterocycles. The van der Waals surface area contributed by atoms with Gasteiger partial charge in [-0.2, -0.15) is 0 Å². The number of likely N-dealkylation sites (tertiary alicyclic amines) is 2. The van der Waals surface area contributed by atoms with Crippen LogP contribution < -0.4 is 0 Å². The predicted octanol–water partition coefficient (Wildman–Crippen LogP) is 2.31. The van der Waals surface area contributed by atoms with Gasteiger partial charge in [0.1, 0.15) is 5.54 Å². The summed E-state index contributed by atoms with van der Waals surface area (Å²) in [5.74, 6) is -0.841. The van der Waals surface area contributed by atoms with Crippen LogP contribution in [0.15, 0.2) is 0 Å². The third kappa shape index (κ3) is 2.30. The molecule has 5 heteroatoms. The molecule has 0 radical (unpaired) electrons. The van der Waals surface area contributed by atoms with Crippen molar-refractivity contribution < 1.29 is 14.7 Å². The van der Waals surface area contributed by atoms with Crippen molar-refractivity contribution in [2.75, 3.05) is 13.1 Å². The summed E-state index contributed by atoms with van der Waals surface area (Å²) in [4.78, 5) is 27.8. The fraction of sp³-hybridized carbons (Fsp3) is 0.857. The first-order valence-electron chi connectivity index (χ1n) is 7.34. The van der Waals surface area contributed by atoms with E-state index in [2.05, 4.69) is 0 Å². The molecule has 0 aliphatic carbocycles. The molecule has 2 amide bonds. The van der Waals surface area contributed by atoms with Gasteiger partial charge in [-0.05, 0) is 39.0 Å². The molecule has 108 valence electrons. The third-order valence-electron chi connectivity index (χ3n) is 4.58. The number of carboxylic acids is 1. The van der Waals surface area contributed by atoms with E-state index >= 15 is 0 Å². The first-order valence-corrected chi connectivity index (χ1v) is 7.34. The maximum atomic E-state index is 12.6. The molecule has 2 unspecified atom stereocenters. The molecule has 2 heterocycles. The number of nitrogens with zero attached hydrogens (tertiary/aromatic N) is 2. The van der Waals surface area contributed by atoms with Crippen LogP contribution in [0.4, 0.5) is 4.79 Å². The number of carboxylic acid groups (broad SMARTS) is 1. The van der Waals surface area contributed by atoms with Gasteiger partial charge in [0.05, 0.1) is 0 Å². The number of hydrogen-bond donors (Lipinski definition) is 1. The minimum absolute atomic E-state index is 0.0710. The number of amides is 2. The molecule has 0 aromatic rings. The highest BCUT2D eigenvalue weighted by Gasteiger charge is 2.50. The normalized spacial score (nSPS) is 30.9. The number of carbonyl (C=O) groups excluding carboxylic acids is 1. The van der Waals surface area contributed by atoms with Gasteiger partial charge >= 0.3 is 12.0 Å². The molecule has 2 rings (SSSR count). The van der Waals surface area contributed by atoms with Crippen molar-refractivity contribution in [3.05, 3.63) is 0 Å². The Balaban J connectivity index is 2.21. The van der Waals surface area contributed by atoms with E-state index in [1.165, 1.54) is 0 Å². The van der Waals surface area contributed by atoms with Crippen LogP contribution in [0.5, 0.6) is 0 Å². The largest absolute Gasteiger partial charge is 0.479 e. The van der Waals surface area contributed by atoms with Crippen molar-refractivity contribution in [1.82, 2.24) is 9.80 Å². The molecular formula is C14H24N2O3. The van der Waals surface area contributed by atoms with E-state index in [-0.39, 0.29) is 12.1 Å². The summed E-state index contributed by atoms with van der Waals surface area (Å²) in [6, 6.07) is 0.166. The molecule has 2 aliphatic heterocycles. The highest BCUT2D eigenvalue weighted by atomic mass is 16.4. The average Bonchev–Trinajstić information content (AvgIpc) is 2.96. The summed E-state index contributed by atoms with van der Waals surface area (Å²) in [6.45, 7) is 5.36.